The molecule has 2 heterocycles. The van der Waals surface area contributed by atoms with Gasteiger partial charge in [0.25, 0.3) is 0 Å². The molecule has 0 aromatic heterocycles. The maximum absolute atomic E-state index is 12.0. The molecule has 0 aliphatic carbocycles. The van der Waals surface area contributed by atoms with Crippen molar-refractivity contribution in [3.8, 4) is 0 Å². The lowest BCUT2D eigenvalue weighted by molar-refractivity contribution is 0.127. The van der Waals surface area contributed by atoms with Crippen LogP contribution in [0.5, 0.6) is 0 Å². The van der Waals surface area contributed by atoms with E-state index in [1.54, 1.807) is 0 Å². The average molecular weight is 262 g/mol. The molecule has 0 saturated carbocycles. The first-order valence-corrected chi connectivity index (χ1v) is 7.98. The van der Waals surface area contributed by atoms with Crippen LogP contribution in [-0.2, 0) is 14.8 Å². The molecule has 0 aromatic carbocycles. The smallest absolute Gasteiger partial charge is 0.214 e. The maximum atomic E-state index is 12.0. The summed E-state index contributed by atoms with van der Waals surface area (Å²) in [7, 11) is -3.23. The zero-order valence-electron chi connectivity index (χ0n) is 10.4. The van der Waals surface area contributed by atoms with Crippen molar-refractivity contribution in [2.75, 3.05) is 25.4 Å². The second kappa shape index (κ2) is 5.22. The lowest BCUT2D eigenvalue weighted by Gasteiger charge is -2.34. The number of hydrogen-bond acceptors (Lipinski definition) is 4. The van der Waals surface area contributed by atoms with E-state index in [9.17, 15) is 8.42 Å². The molecule has 2 aliphatic rings. The molecule has 17 heavy (non-hydrogen) atoms. The monoisotopic (exact) mass is 262 g/mol. The molecule has 2 rings (SSSR count). The lowest BCUT2D eigenvalue weighted by atomic mass is 9.92. The van der Waals surface area contributed by atoms with Crippen molar-refractivity contribution in [1.29, 1.82) is 0 Å². The summed E-state index contributed by atoms with van der Waals surface area (Å²) < 4.78 is 32.3. The molecule has 5 nitrogen and oxygen atoms in total. The Morgan fingerprint density at radius 2 is 2.12 bits per heavy atom. The predicted molar refractivity (Wildman–Crippen MR) is 66.4 cm³/mol. The minimum Gasteiger partial charge on any atom is -0.377 e. The van der Waals surface area contributed by atoms with E-state index in [1.807, 2.05) is 6.92 Å². The van der Waals surface area contributed by atoms with E-state index in [2.05, 4.69) is 10.0 Å². The molecule has 2 aliphatic heterocycles. The predicted octanol–water partition coefficient (Wildman–Crippen LogP) is 0.227. The Hall–Kier alpha value is -0.170. The standard InChI is InChI=1S/C11H22N2O3S/c1-11(4-6-12-7-5-11)13-17(14,15)9-10-3-2-8-16-10/h10,12-13H,2-9H2,1H3. The van der Waals surface area contributed by atoms with E-state index in [4.69, 9.17) is 4.74 Å². The van der Waals surface area contributed by atoms with Crippen LogP contribution >= 0.6 is 0 Å². The lowest BCUT2D eigenvalue weighted by Crippen LogP contribution is -2.53. The van der Waals surface area contributed by atoms with Gasteiger partial charge in [-0.15, -0.1) is 0 Å². The summed E-state index contributed by atoms with van der Waals surface area (Å²) in [5.41, 5.74) is -0.289. The van der Waals surface area contributed by atoms with Crippen LogP contribution in [0, 0.1) is 0 Å². The number of sulfonamides is 1. The molecule has 1 unspecified atom stereocenters. The third-order valence-corrected chi connectivity index (χ3v) is 5.15. The maximum Gasteiger partial charge on any atom is 0.214 e. The highest BCUT2D eigenvalue weighted by Crippen LogP contribution is 2.20. The number of rotatable bonds is 4. The summed E-state index contributed by atoms with van der Waals surface area (Å²) in [4.78, 5) is 0. The molecule has 2 saturated heterocycles. The fourth-order valence-corrected chi connectivity index (χ4v) is 4.31. The van der Waals surface area contributed by atoms with Crippen LogP contribution in [0.1, 0.15) is 32.6 Å². The SMILES string of the molecule is CC1(NS(=O)(=O)CC2CCCO2)CCNCC1. The quantitative estimate of drug-likeness (QED) is 0.761. The van der Waals surface area contributed by atoms with Gasteiger partial charge in [0.2, 0.25) is 10.0 Å². The molecule has 2 N–H and O–H groups in total. The fraction of sp³-hybridized carbons (Fsp3) is 1.00. The number of ether oxygens (including phenoxy) is 1. The molecule has 0 bridgehead atoms. The molecule has 0 spiro atoms. The molecule has 0 radical (unpaired) electrons. The largest absolute Gasteiger partial charge is 0.377 e. The Morgan fingerprint density at radius 3 is 2.71 bits per heavy atom. The minimum absolute atomic E-state index is 0.107. The van der Waals surface area contributed by atoms with E-state index in [0.717, 1.165) is 38.8 Å². The normalized spacial score (nSPS) is 29.4. The second-order valence-corrected chi connectivity index (χ2v) is 7.10. The third-order valence-electron chi connectivity index (χ3n) is 3.54. The fourth-order valence-electron chi connectivity index (χ4n) is 2.52. The van der Waals surface area contributed by atoms with Crippen molar-refractivity contribution in [2.45, 2.75) is 44.2 Å². The van der Waals surface area contributed by atoms with Crippen molar-refractivity contribution in [2.24, 2.45) is 0 Å². The molecule has 100 valence electrons. The van der Waals surface area contributed by atoms with E-state index in [1.165, 1.54) is 0 Å². The van der Waals surface area contributed by atoms with Gasteiger partial charge in [0, 0.05) is 12.1 Å². The zero-order valence-corrected chi connectivity index (χ0v) is 11.2. The molecular formula is C11H22N2O3S. The third kappa shape index (κ3) is 3.91. The van der Waals surface area contributed by atoms with Crippen LogP contribution in [0.2, 0.25) is 0 Å². The summed E-state index contributed by atoms with van der Waals surface area (Å²) in [6.07, 6.45) is 3.41. The van der Waals surface area contributed by atoms with Crippen LogP contribution < -0.4 is 10.0 Å². The summed E-state index contributed by atoms with van der Waals surface area (Å²) in [5.74, 6) is 0.107. The molecule has 2 fully saturated rings. The summed E-state index contributed by atoms with van der Waals surface area (Å²) in [5, 5.41) is 3.24. The van der Waals surface area contributed by atoms with Crippen LogP contribution in [0.4, 0.5) is 0 Å². The molecular weight excluding hydrogens is 240 g/mol. The van der Waals surface area contributed by atoms with Crippen LogP contribution in [0.25, 0.3) is 0 Å². The average Bonchev–Trinajstić information content (AvgIpc) is 2.68. The van der Waals surface area contributed by atoms with Crippen molar-refractivity contribution in [1.82, 2.24) is 10.0 Å². The van der Waals surface area contributed by atoms with Gasteiger partial charge in [0.1, 0.15) is 0 Å². The van der Waals surface area contributed by atoms with Crippen molar-refractivity contribution in [3.05, 3.63) is 0 Å². The summed E-state index contributed by atoms with van der Waals surface area (Å²) in [6.45, 7) is 4.43. The first-order valence-electron chi connectivity index (χ1n) is 6.33. The number of hydrogen-bond donors (Lipinski definition) is 2. The van der Waals surface area contributed by atoms with Gasteiger partial charge in [-0.05, 0) is 45.7 Å². The Morgan fingerprint density at radius 1 is 1.41 bits per heavy atom. The highest BCUT2D eigenvalue weighted by atomic mass is 32.2. The van der Waals surface area contributed by atoms with Crippen LogP contribution in [0.3, 0.4) is 0 Å². The van der Waals surface area contributed by atoms with E-state index < -0.39 is 10.0 Å². The highest BCUT2D eigenvalue weighted by Gasteiger charge is 2.33. The van der Waals surface area contributed by atoms with Gasteiger partial charge in [-0.3, -0.25) is 0 Å². The van der Waals surface area contributed by atoms with Gasteiger partial charge < -0.3 is 10.1 Å². The topological polar surface area (TPSA) is 67.4 Å². The first kappa shape index (κ1) is 13.3. The Kier molecular flexibility index (Phi) is 4.07. The van der Waals surface area contributed by atoms with Gasteiger partial charge in [0.15, 0.2) is 0 Å². The first-order chi connectivity index (χ1) is 7.99. The highest BCUT2D eigenvalue weighted by molar-refractivity contribution is 7.89. The molecule has 0 amide bonds. The van der Waals surface area contributed by atoms with Crippen molar-refractivity contribution >= 4 is 10.0 Å². The Bertz CT molecular complexity index is 344. The Labute approximate surface area is 103 Å². The summed E-state index contributed by atoms with van der Waals surface area (Å²) >= 11 is 0. The molecule has 6 heteroatoms. The van der Waals surface area contributed by atoms with Crippen molar-refractivity contribution in [3.63, 3.8) is 0 Å². The Balaban J connectivity index is 1.91. The molecule has 0 aromatic rings. The number of nitrogens with one attached hydrogen (secondary N) is 2. The van der Waals surface area contributed by atoms with Gasteiger partial charge in [0.05, 0.1) is 11.9 Å². The van der Waals surface area contributed by atoms with Crippen LogP contribution in [-0.4, -0.2) is 45.5 Å². The second-order valence-electron chi connectivity index (χ2n) is 5.33. The summed E-state index contributed by atoms with van der Waals surface area (Å²) in [6, 6.07) is 0. The van der Waals surface area contributed by atoms with Gasteiger partial charge in [-0.25, -0.2) is 13.1 Å². The molecule has 1 atom stereocenters. The van der Waals surface area contributed by atoms with Gasteiger partial charge in [-0.2, -0.15) is 0 Å². The van der Waals surface area contributed by atoms with E-state index in [0.29, 0.717) is 6.61 Å². The minimum atomic E-state index is -3.23. The number of piperidine rings is 1. The van der Waals surface area contributed by atoms with Crippen molar-refractivity contribution < 1.29 is 13.2 Å². The van der Waals surface area contributed by atoms with Crippen LogP contribution in [0.15, 0.2) is 0 Å². The van der Waals surface area contributed by atoms with E-state index >= 15 is 0 Å². The van der Waals surface area contributed by atoms with Gasteiger partial charge >= 0.3 is 0 Å². The van der Waals surface area contributed by atoms with E-state index in [-0.39, 0.29) is 17.4 Å². The van der Waals surface area contributed by atoms with Gasteiger partial charge in [-0.1, -0.05) is 0 Å². The zero-order chi connectivity index (χ0) is 12.4.